The van der Waals surface area contributed by atoms with Crippen molar-refractivity contribution in [3.8, 4) is 0 Å². The maximum Gasteiger partial charge on any atom is 0.248 e. The smallest absolute Gasteiger partial charge is 0.248 e. The van der Waals surface area contributed by atoms with Crippen molar-refractivity contribution in [1.29, 1.82) is 0 Å². The summed E-state index contributed by atoms with van der Waals surface area (Å²) in [5.74, 6) is 1.57. The maximum absolute atomic E-state index is 12.7. The number of hydrogen-bond acceptors (Lipinski definition) is 3. The summed E-state index contributed by atoms with van der Waals surface area (Å²) in [6.45, 7) is 3.02. The summed E-state index contributed by atoms with van der Waals surface area (Å²) in [5.41, 5.74) is 6.11. The fraction of sp³-hybridized carbons (Fsp3) is 0.381. The molecule has 1 saturated carbocycles. The Hall–Kier alpha value is -2.69. The van der Waals surface area contributed by atoms with Crippen LogP contribution in [0.2, 0.25) is 0 Å². The molecule has 5 rings (SSSR count). The minimum Gasteiger partial charge on any atom is -0.310 e. The van der Waals surface area contributed by atoms with Gasteiger partial charge in [0, 0.05) is 24.4 Å². The third-order valence-corrected chi connectivity index (χ3v) is 5.59. The molecule has 1 aromatic carbocycles. The van der Waals surface area contributed by atoms with Crippen LogP contribution in [0.15, 0.2) is 41.8 Å². The first kappa shape index (κ1) is 15.6. The van der Waals surface area contributed by atoms with Crippen molar-refractivity contribution >= 4 is 17.4 Å². The van der Waals surface area contributed by atoms with E-state index in [9.17, 15) is 4.79 Å². The molecule has 0 spiro atoms. The molecule has 3 heterocycles. The Morgan fingerprint density at radius 1 is 1.27 bits per heavy atom. The molecular formula is C21H22N4O. The molecule has 1 aliphatic carbocycles. The number of aliphatic imine (C=N–C) groups is 1. The molecule has 3 aliphatic rings. The largest absolute Gasteiger partial charge is 0.310 e. The van der Waals surface area contributed by atoms with E-state index in [2.05, 4.69) is 41.2 Å². The number of carbonyl (C=O) groups excluding carboxylic acids is 1. The molecule has 5 nitrogen and oxygen atoms in total. The first-order valence-electron chi connectivity index (χ1n) is 9.46. The van der Waals surface area contributed by atoms with Gasteiger partial charge in [0.25, 0.3) is 0 Å². The van der Waals surface area contributed by atoms with E-state index in [0.717, 1.165) is 36.6 Å². The molecule has 2 aliphatic heterocycles. The Bertz CT molecular complexity index is 949. The second-order valence-corrected chi connectivity index (χ2v) is 7.27. The molecule has 1 aromatic heterocycles. The van der Waals surface area contributed by atoms with E-state index >= 15 is 0 Å². The Morgan fingerprint density at radius 3 is 2.92 bits per heavy atom. The molecule has 0 bridgehead atoms. The lowest BCUT2D eigenvalue weighted by Gasteiger charge is -2.32. The molecule has 0 saturated heterocycles. The van der Waals surface area contributed by atoms with Crippen LogP contribution in [0.3, 0.4) is 0 Å². The van der Waals surface area contributed by atoms with E-state index in [-0.39, 0.29) is 12.5 Å². The van der Waals surface area contributed by atoms with E-state index < -0.39 is 0 Å². The minimum atomic E-state index is 0.0737. The number of aryl methyl sites for hydroxylation is 1. The van der Waals surface area contributed by atoms with Crippen LogP contribution in [0.4, 0.5) is 0 Å². The van der Waals surface area contributed by atoms with Crippen molar-refractivity contribution in [2.75, 3.05) is 13.1 Å². The lowest BCUT2D eigenvalue weighted by atomic mass is 9.90. The summed E-state index contributed by atoms with van der Waals surface area (Å²) >= 11 is 0. The van der Waals surface area contributed by atoms with Gasteiger partial charge in [0.1, 0.15) is 18.7 Å². The summed E-state index contributed by atoms with van der Waals surface area (Å²) < 4.78 is 1.93. The monoisotopic (exact) mass is 346 g/mol. The van der Waals surface area contributed by atoms with Crippen LogP contribution in [0.1, 0.15) is 48.1 Å². The molecule has 5 heteroatoms. The number of allylic oxidation sites excluding steroid dienone is 1. The van der Waals surface area contributed by atoms with Gasteiger partial charge in [-0.25, -0.2) is 4.98 Å². The van der Waals surface area contributed by atoms with Gasteiger partial charge < -0.3 is 4.90 Å². The van der Waals surface area contributed by atoms with Gasteiger partial charge in [-0.05, 0) is 42.7 Å². The Morgan fingerprint density at radius 2 is 2.15 bits per heavy atom. The van der Waals surface area contributed by atoms with Gasteiger partial charge in [-0.2, -0.15) is 0 Å². The number of fused-ring (bicyclic) bond motifs is 3. The van der Waals surface area contributed by atoms with Crippen LogP contribution < -0.4 is 0 Å². The predicted octanol–water partition coefficient (Wildman–Crippen LogP) is 3.01. The molecule has 1 fully saturated rings. The fourth-order valence-electron chi connectivity index (χ4n) is 4.03. The van der Waals surface area contributed by atoms with Crippen LogP contribution in [0, 0.1) is 0 Å². The Kier molecular flexibility index (Phi) is 3.55. The highest BCUT2D eigenvalue weighted by Crippen LogP contribution is 2.44. The van der Waals surface area contributed by atoms with Crippen molar-refractivity contribution in [2.45, 2.75) is 38.5 Å². The SMILES string of the molecule is CCc1cn(C2=NCC(=O)N3CCc4c(cccc4C4CC4)C3=C2)cn1. The van der Waals surface area contributed by atoms with Crippen LogP contribution in [-0.2, 0) is 17.6 Å². The van der Waals surface area contributed by atoms with Crippen molar-refractivity contribution in [2.24, 2.45) is 4.99 Å². The molecule has 0 unspecified atom stereocenters. The standard InChI is InChI=1S/C21H22N4O/c1-2-15-12-24(13-23-15)20-10-19-18-5-3-4-16(14-6-7-14)17(18)8-9-25(19)21(26)11-22-20/h3-5,10,12-14H,2,6-9,11H2,1H3. The summed E-state index contributed by atoms with van der Waals surface area (Å²) in [4.78, 5) is 23.6. The number of carbonyl (C=O) groups is 1. The highest BCUT2D eigenvalue weighted by atomic mass is 16.2. The first-order valence-corrected chi connectivity index (χ1v) is 9.46. The number of amides is 1. The number of nitrogens with zero attached hydrogens (tertiary/aromatic N) is 4. The molecule has 26 heavy (non-hydrogen) atoms. The molecule has 0 atom stereocenters. The van der Waals surface area contributed by atoms with E-state index in [0.29, 0.717) is 5.92 Å². The number of rotatable bonds is 2. The average molecular weight is 346 g/mol. The summed E-state index contributed by atoms with van der Waals surface area (Å²) in [5, 5.41) is 0. The number of aromatic nitrogens is 2. The van der Waals surface area contributed by atoms with Gasteiger partial charge in [-0.1, -0.05) is 25.1 Å². The Labute approximate surface area is 153 Å². The van der Waals surface area contributed by atoms with Gasteiger partial charge in [0.15, 0.2) is 0 Å². The van der Waals surface area contributed by atoms with E-state index in [1.165, 1.54) is 29.5 Å². The van der Waals surface area contributed by atoms with Gasteiger partial charge >= 0.3 is 0 Å². The maximum atomic E-state index is 12.7. The lowest BCUT2D eigenvalue weighted by Crippen LogP contribution is -2.36. The van der Waals surface area contributed by atoms with Crippen molar-refractivity contribution < 1.29 is 4.79 Å². The quantitative estimate of drug-likeness (QED) is 0.839. The number of hydrogen-bond donors (Lipinski definition) is 0. The highest BCUT2D eigenvalue weighted by molar-refractivity contribution is 6.06. The first-order chi connectivity index (χ1) is 12.7. The lowest BCUT2D eigenvalue weighted by molar-refractivity contribution is -0.126. The van der Waals surface area contributed by atoms with Crippen molar-refractivity contribution in [3.05, 3.63) is 59.2 Å². The molecule has 0 radical (unpaired) electrons. The minimum absolute atomic E-state index is 0.0737. The third-order valence-electron chi connectivity index (χ3n) is 5.59. The molecule has 132 valence electrons. The number of benzene rings is 1. The van der Waals surface area contributed by atoms with Gasteiger partial charge in [-0.15, -0.1) is 0 Å². The van der Waals surface area contributed by atoms with Gasteiger partial charge in [0.2, 0.25) is 5.91 Å². The zero-order chi connectivity index (χ0) is 17.7. The van der Waals surface area contributed by atoms with Crippen LogP contribution in [-0.4, -0.2) is 39.3 Å². The average Bonchev–Trinajstić information content (AvgIpc) is 3.43. The molecule has 1 amide bonds. The van der Waals surface area contributed by atoms with E-state index in [1.54, 1.807) is 6.33 Å². The van der Waals surface area contributed by atoms with Crippen LogP contribution in [0.25, 0.3) is 5.70 Å². The number of imidazole rings is 1. The highest BCUT2D eigenvalue weighted by Gasteiger charge is 2.33. The third kappa shape index (κ3) is 2.50. The van der Waals surface area contributed by atoms with E-state index in [4.69, 9.17) is 0 Å². The second-order valence-electron chi connectivity index (χ2n) is 7.27. The Balaban J connectivity index is 1.63. The zero-order valence-corrected chi connectivity index (χ0v) is 15.0. The summed E-state index contributed by atoms with van der Waals surface area (Å²) in [6.07, 6.45) is 10.3. The molecular weight excluding hydrogens is 324 g/mol. The molecule has 2 aromatic rings. The second kappa shape index (κ2) is 5.94. The fourth-order valence-corrected chi connectivity index (χ4v) is 4.03. The van der Waals surface area contributed by atoms with E-state index in [1.807, 2.05) is 15.7 Å². The van der Waals surface area contributed by atoms with Crippen molar-refractivity contribution in [1.82, 2.24) is 14.5 Å². The topological polar surface area (TPSA) is 50.5 Å². The summed E-state index contributed by atoms with van der Waals surface area (Å²) in [6, 6.07) is 6.56. The predicted molar refractivity (Wildman–Crippen MR) is 101 cm³/mol. The summed E-state index contributed by atoms with van der Waals surface area (Å²) in [7, 11) is 0. The van der Waals surface area contributed by atoms with Gasteiger partial charge in [-0.3, -0.25) is 14.4 Å². The van der Waals surface area contributed by atoms with Crippen molar-refractivity contribution in [3.63, 3.8) is 0 Å². The van der Waals surface area contributed by atoms with Crippen LogP contribution in [0.5, 0.6) is 0 Å². The molecule has 0 N–H and O–H groups in total. The zero-order valence-electron chi connectivity index (χ0n) is 15.0. The normalized spacial score (nSPS) is 19.4. The van der Waals surface area contributed by atoms with Gasteiger partial charge in [0.05, 0.1) is 11.4 Å². The van der Waals surface area contributed by atoms with Crippen LogP contribution >= 0.6 is 0 Å².